The van der Waals surface area contributed by atoms with Gasteiger partial charge in [0, 0.05) is 0 Å². The van der Waals surface area contributed by atoms with E-state index in [1.807, 2.05) is 41.0 Å². The Morgan fingerprint density at radius 2 is 1.53 bits per heavy atom. The van der Waals surface area contributed by atoms with Crippen molar-refractivity contribution in [1.82, 2.24) is 10.6 Å². The van der Waals surface area contributed by atoms with Gasteiger partial charge in [-0.15, -0.1) is 0 Å². The molecule has 1 heterocycles. The first-order chi connectivity index (χ1) is 8.16. The molecule has 1 fully saturated rings. The highest BCUT2D eigenvalue weighted by Crippen LogP contribution is 2.05. The molecule has 0 spiro atoms. The molecule has 2 N–H and O–H groups in total. The first-order valence-corrected chi connectivity index (χ1v) is 5.07. The maximum atomic E-state index is 11.4. The number of benzene rings is 1. The summed E-state index contributed by atoms with van der Waals surface area (Å²) in [6, 6.07) is 8.63. The molecule has 0 saturated carbocycles. The minimum atomic E-state index is -0.781. The number of urea groups is 1. The number of carbonyl (C=O) groups is 3. The van der Waals surface area contributed by atoms with Gasteiger partial charge in [0.15, 0.2) is 0 Å². The van der Waals surface area contributed by atoms with Crippen molar-refractivity contribution in [2.75, 3.05) is 0 Å². The molecular weight excluding hydrogens is 220 g/mol. The van der Waals surface area contributed by atoms with Gasteiger partial charge in [-0.1, -0.05) is 36.4 Å². The van der Waals surface area contributed by atoms with Crippen LogP contribution in [0.25, 0.3) is 0 Å². The Hall–Kier alpha value is -2.43. The Morgan fingerprint density at radius 1 is 0.941 bits per heavy atom. The van der Waals surface area contributed by atoms with Crippen molar-refractivity contribution >= 4 is 17.8 Å². The van der Waals surface area contributed by atoms with E-state index in [4.69, 9.17) is 0 Å². The molecule has 0 atom stereocenters. The van der Waals surface area contributed by atoms with Crippen molar-refractivity contribution in [3.05, 3.63) is 47.5 Å². The highest BCUT2D eigenvalue weighted by molar-refractivity contribution is 6.28. The molecule has 5 heteroatoms. The van der Waals surface area contributed by atoms with E-state index in [1.54, 1.807) is 0 Å². The van der Waals surface area contributed by atoms with Gasteiger partial charge in [-0.05, 0) is 12.0 Å². The third-order valence-corrected chi connectivity index (χ3v) is 2.33. The van der Waals surface area contributed by atoms with Gasteiger partial charge in [0.25, 0.3) is 11.8 Å². The maximum absolute atomic E-state index is 11.4. The molecule has 1 aliphatic heterocycles. The fourth-order valence-corrected chi connectivity index (χ4v) is 1.49. The summed E-state index contributed by atoms with van der Waals surface area (Å²) in [5.41, 5.74) is 0.950. The SMILES string of the molecule is O=C1NC(=O)C(=CCc2ccccc2)C(=O)N1. The molecule has 2 rings (SSSR count). The van der Waals surface area contributed by atoms with E-state index in [2.05, 4.69) is 0 Å². The fourth-order valence-electron chi connectivity index (χ4n) is 1.49. The zero-order chi connectivity index (χ0) is 12.3. The average molecular weight is 230 g/mol. The summed E-state index contributed by atoms with van der Waals surface area (Å²) in [5, 5.41) is 4.04. The second-order valence-electron chi connectivity index (χ2n) is 3.54. The highest BCUT2D eigenvalue weighted by atomic mass is 16.2. The van der Waals surface area contributed by atoms with E-state index in [1.165, 1.54) is 6.08 Å². The zero-order valence-electron chi connectivity index (χ0n) is 8.90. The van der Waals surface area contributed by atoms with Gasteiger partial charge in [-0.3, -0.25) is 20.2 Å². The number of carbonyl (C=O) groups excluding carboxylic acids is 3. The van der Waals surface area contributed by atoms with Gasteiger partial charge in [0.05, 0.1) is 0 Å². The number of imide groups is 2. The fraction of sp³-hybridized carbons (Fsp3) is 0.0833. The number of rotatable bonds is 2. The number of hydrogen-bond donors (Lipinski definition) is 2. The smallest absolute Gasteiger partial charge is 0.273 e. The van der Waals surface area contributed by atoms with Crippen LogP contribution >= 0.6 is 0 Å². The van der Waals surface area contributed by atoms with Crippen LogP contribution in [0.4, 0.5) is 4.79 Å². The highest BCUT2D eigenvalue weighted by Gasteiger charge is 2.27. The summed E-state index contributed by atoms with van der Waals surface area (Å²) in [5.74, 6) is -1.32. The summed E-state index contributed by atoms with van der Waals surface area (Å²) in [6.07, 6.45) is 1.97. The van der Waals surface area contributed by atoms with E-state index in [0.717, 1.165) is 5.56 Å². The van der Waals surface area contributed by atoms with E-state index in [0.29, 0.717) is 6.42 Å². The molecule has 17 heavy (non-hydrogen) atoms. The lowest BCUT2D eigenvalue weighted by Gasteiger charge is -2.13. The van der Waals surface area contributed by atoms with E-state index < -0.39 is 17.8 Å². The molecular formula is C12H10N2O3. The first-order valence-electron chi connectivity index (χ1n) is 5.07. The van der Waals surface area contributed by atoms with Crippen LogP contribution in [0.3, 0.4) is 0 Å². The van der Waals surface area contributed by atoms with Crippen LogP contribution in [0.1, 0.15) is 5.56 Å². The van der Waals surface area contributed by atoms with Crippen LogP contribution in [0.2, 0.25) is 0 Å². The molecule has 1 aliphatic rings. The van der Waals surface area contributed by atoms with Crippen molar-refractivity contribution in [3.8, 4) is 0 Å². The third-order valence-electron chi connectivity index (χ3n) is 2.33. The normalized spacial score (nSPS) is 15.3. The second kappa shape index (κ2) is 4.61. The molecule has 0 bridgehead atoms. The molecule has 1 saturated heterocycles. The summed E-state index contributed by atoms with van der Waals surface area (Å²) in [4.78, 5) is 33.6. The van der Waals surface area contributed by atoms with Gasteiger partial charge < -0.3 is 0 Å². The molecule has 86 valence electrons. The first kappa shape index (κ1) is 11.1. The molecule has 0 unspecified atom stereocenters. The maximum Gasteiger partial charge on any atom is 0.328 e. The largest absolute Gasteiger partial charge is 0.328 e. The van der Waals surface area contributed by atoms with Gasteiger partial charge in [0.2, 0.25) is 0 Å². The molecule has 1 aromatic rings. The molecule has 0 radical (unpaired) electrons. The predicted molar refractivity (Wildman–Crippen MR) is 59.9 cm³/mol. The van der Waals surface area contributed by atoms with Crippen molar-refractivity contribution < 1.29 is 14.4 Å². The Morgan fingerprint density at radius 3 is 2.12 bits per heavy atom. The predicted octanol–water partition coefficient (Wildman–Crippen LogP) is 0.521. The molecule has 0 aromatic heterocycles. The summed E-state index contributed by atoms with van der Waals surface area (Å²) in [6.45, 7) is 0. The standard InChI is InChI=1S/C12H10N2O3/c15-10-9(11(16)14-12(17)13-10)7-6-8-4-2-1-3-5-8/h1-5,7H,6H2,(H2,13,14,15,16,17). The van der Waals surface area contributed by atoms with Gasteiger partial charge in [-0.25, -0.2) is 4.79 Å². The lowest BCUT2D eigenvalue weighted by Crippen LogP contribution is -2.51. The summed E-state index contributed by atoms with van der Waals surface area (Å²) >= 11 is 0. The number of amides is 4. The Bertz CT molecular complexity index is 484. The van der Waals surface area contributed by atoms with Crippen molar-refractivity contribution in [1.29, 1.82) is 0 Å². The summed E-state index contributed by atoms with van der Waals surface area (Å²) in [7, 11) is 0. The van der Waals surface area contributed by atoms with Crippen molar-refractivity contribution in [2.24, 2.45) is 0 Å². The van der Waals surface area contributed by atoms with E-state index in [9.17, 15) is 14.4 Å². The van der Waals surface area contributed by atoms with E-state index in [-0.39, 0.29) is 5.57 Å². The Labute approximate surface area is 97.5 Å². The van der Waals surface area contributed by atoms with Gasteiger partial charge in [0.1, 0.15) is 5.57 Å². The lowest BCUT2D eigenvalue weighted by atomic mass is 10.1. The van der Waals surface area contributed by atoms with Crippen LogP contribution in [-0.2, 0) is 16.0 Å². The number of allylic oxidation sites excluding steroid dienone is 1. The number of nitrogens with one attached hydrogen (secondary N) is 2. The monoisotopic (exact) mass is 230 g/mol. The third kappa shape index (κ3) is 2.57. The Kier molecular flexibility index (Phi) is 3.00. The van der Waals surface area contributed by atoms with Crippen molar-refractivity contribution in [3.63, 3.8) is 0 Å². The lowest BCUT2D eigenvalue weighted by molar-refractivity contribution is -0.124. The van der Waals surface area contributed by atoms with Crippen LogP contribution in [0, 0.1) is 0 Å². The molecule has 5 nitrogen and oxygen atoms in total. The Balaban J connectivity index is 2.14. The summed E-state index contributed by atoms with van der Waals surface area (Å²) < 4.78 is 0. The van der Waals surface area contributed by atoms with Crippen LogP contribution in [-0.4, -0.2) is 17.8 Å². The van der Waals surface area contributed by atoms with E-state index >= 15 is 0 Å². The zero-order valence-corrected chi connectivity index (χ0v) is 8.90. The van der Waals surface area contributed by atoms with Crippen LogP contribution in [0.5, 0.6) is 0 Å². The van der Waals surface area contributed by atoms with Crippen LogP contribution in [0.15, 0.2) is 42.0 Å². The number of barbiturate groups is 1. The topological polar surface area (TPSA) is 75.3 Å². The average Bonchev–Trinajstić information content (AvgIpc) is 2.29. The van der Waals surface area contributed by atoms with Gasteiger partial charge >= 0.3 is 6.03 Å². The minimum absolute atomic E-state index is 0.0338. The second-order valence-corrected chi connectivity index (χ2v) is 3.54. The van der Waals surface area contributed by atoms with Gasteiger partial charge in [-0.2, -0.15) is 0 Å². The number of hydrogen-bond acceptors (Lipinski definition) is 3. The molecule has 4 amide bonds. The van der Waals surface area contributed by atoms with Crippen LogP contribution < -0.4 is 10.6 Å². The quantitative estimate of drug-likeness (QED) is 0.574. The van der Waals surface area contributed by atoms with Crippen molar-refractivity contribution in [2.45, 2.75) is 6.42 Å². The molecule has 1 aromatic carbocycles. The molecule has 0 aliphatic carbocycles. The minimum Gasteiger partial charge on any atom is -0.273 e.